The molecule has 1 aromatic rings. The minimum atomic E-state index is 0.561. The van der Waals surface area contributed by atoms with Crippen molar-refractivity contribution >= 4 is 5.96 Å². The molecule has 1 aliphatic heterocycles. The number of benzene rings is 1. The quantitative estimate of drug-likeness (QED) is 0.365. The molecule has 1 saturated heterocycles. The van der Waals surface area contributed by atoms with Gasteiger partial charge in [-0.3, -0.25) is 9.89 Å². The van der Waals surface area contributed by atoms with E-state index >= 15 is 0 Å². The summed E-state index contributed by atoms with van der Waals surface area (Å²) >= 11 is 0. The van der Waals surface area contributed by atoms with Crippen LogP contribution in [0, 0.1) is 6.92 Å². The molecule has 2 rings (SSSR count). The number of guanidine groups is 1. The second-order valence-electron chi connectivity index (χ2n) is 7.24. The SMILES string of the molecule is CCOCCOc1cc(C)ccc1CNC(=NC)NCC1CCCCN1CC. The summed E-state index contributed by atoms with van der Waals surface area (Å²) in [5, 5.41) is 6.93. The molecule has 0 radical (unpaired) electrons. The van der Waals surface area contributed by atoms with Gasteiger partial charge in [0, 0.05) is 38.3 Å². The van der Waals surface area contributed by atoms with Crippen molar-refractivity contribution in [2.45, 2.75) is 52.6 Å². The fraction of sp³-hybridized carbons (Fsp3) is 0.682. The van der Waals surface area contributed by atoms with Crippen molar-refractivity contribution in [3.8, 4) is 5.75 Å². The van der Waals surface area contributed by atoms with Crippen molar-refractivity contribution in [2.24, 2.45) is 4.99 Å². The Morgan fingerprint density at radius 2 is 2.07 bits per heavy atom. The largest absolute Gasteiger partial charge is 0.491 e. The molecular weight excluding hydrogens is 352 g/mol. The normalized spacial score (nSPS) is 18.1. The molecule has 6 heteroatoms. The number of ether oxygens (including phenoxy) is 2. The number of nitrogens with one attached hydrogen (secondary N) is 2. The van der Waals surface area contributed by atoms with Crippen LogP contribution in [0.25, 0.3) is 0 Å². The molecule has 2 N–H and O–H groups in total. The molecule has 1 fully saturated rings. The van der Waals surface area contributed by atoms with Crippen molar-refractivity contribution in [3.63, 3.8) is 0 Å². The first-order valence-corrected chi connectivity index (χ1v) is 10.7. The first kappa shape index (κ1) is 22.5. The molecule has 1 unspecified atom stereocenters. The van der Waals surface area contributed by atoms with Crippen LogP contribution in [0.15, 0.2) is 23.2 Å². The Hall–Kier alpha value is -1.79. The highest BCUT2D eigenvalue weighted by molar-refractivity contribution is 5.79. The number of hydrogen-bond acceptors (Lipinski definition) is 4. The van der Waals surface area contributed by atoms with Gasteiger partial charge in [0.15, 0.2) is 5.96 Å². The van der Waals surface area contributed by atoms with Crippen molar-refractivity contribution in [2.75, 3.05) is 46.5 Å². The van der Waals surface area contributed by atoms with Crippen LogP contribution < -0.4 is 15.4 Å². The van der Waals surface area contributed by atoms with E-state index in [9.17, 15) is 0 Å². The van der Waals surface area contributed by atoms with E-state index in [0.29, 0.717) is 32.4 Å². The molecule has 1 atom stereocenters. The summed E-state index contributed by atoms with van der Waals surface area (Å²) in [6.45, 7) is 12.1. The number of rotatable bonds is 10. The summed E-state index contributed by atoms with van der Waals surface area (Å²) in [5.41, 5.74) is 2.31. The average Bonchev–Trinajstić information content (AvgIpc) is 2.72. The van der Waals surface area contributed by atoms with E-state index in [2.05, 4.69) is 52.6 Å². The highest BCUT2D eigenvalue weighted by Crippen LogP contribution is 2.20. The summed E-state index contributed by atoms with van der Waals surface area (Å²) in [5.74, 6) is 1.74. The van der Waals surface area contributed by atoms with E-state index in [0.717, 1.165) is 30.4 Å². The Morgan fingerprint density at radius 1 is 1.21 bits per heavy atom. The van der Waals surface area contributed by atoms with Gasteiger partial charge in [-0.05, 0) is 51.4 Å². The number of nitrogens with zero attached hydrogens (tertiary/aromatic N) is 2. The highest BCUT2D eigenvalue weighted by Gasteiger charge is 2.20. The lowest BCUT2D eigenvalue weighted by Gasteiger charge is -2.35. The lowest BCUT2D eigenvalue weighted by Crippen LogP contribution is -2.48. The summed E-state index contributed by atoms with van der Waals surface area (Å²) in [6.07, 6.45) is 3.89. The summed E-state index contributed by atoms with van der Waals surface area (Å²) < 4.78 is 11.3. The van der Waals surface area contributed by atoms with Gasteiger partial charge in [-0.15, -0.1) is 0 Å². The lowest BCUT2D eigenvalue weighted by molar-refractivity contribution is 0.110. The van der Waals surface area contributed by atoms with Gasteiger partial charge in [-0.1, -0.05) is 25.5 Å². The Balaban J connectivity index is 1.86. The average molecular weight is 391 g/mol. The molecule has 158 valence electrons. The van der Waals surface area contributed by atoms with Crippen molar-refractivity contribution in [1.29, 1.82) is 0 Å². The fourth-order valence-corrected chi connectivity index (χ4v) is 3.62. The Kier molecular flexibility index (Phi) is 10.1. The smallest absolute Gasteiger partial charge is 0.191 e. The maximum atomic E-state index is 5.94. The molecule has 1 aromatic carbocycles. The first-order valence-electron chi connectivity index (χ1n) is 10.7. The van der Waals surface area contributed by atoms with Gasteiger partial charge in [-0.25, -0.2) is 0 Å². The predicted octanol–water partition coefficient (Wildman–Crippen LogP) is 2.95. The second-order valence-corrected chi connectivity index (χ2v) is 7.24. The van der Waals surface area contributed by atoms with Gasteiger partial charge in [0.2, 0.25) is 0 Å². The van der Waals surface area contributed by atoms with Gasteiger partial charge in [-0.2, -0.15) is 0 Å². The van der Waals surface area contributed by atoms with Crippen LogP contribution in [-0.4, -0.2) is 63.4 Å². The molecule has 1 aliphatic rings. The van der Waals surface area contributed by atoms with E-state index in [1.807, 2.05) is 14.0 Å². The standard InChI is InChI=1S/C22H38N4O2/c1-5-26-12-8-7-9-20(26)17-25-22(23-4)24-16-19-11-10-18(3)15-21(19)28-14-13-27-6-2/h10-11,15,20H,5-9,12-14,16-17H2,1-4H3,(H2,23,24,25). The zero-order valence-electron chi connectivity index (χ0n) is 18.1. The first-order chi connectivity index (χ1) is 13.7. The third kappa shape index (κ3) is 7.32. The molecule has 0 aromatic heterocycles. The molecule has 1 heterocycles. The number of hydrogen-bond donors (Lipinski definition) is 2. The van der Waals surface area contributed by atoms with E-state index in [4.69, 9.17) is 9.47 Å². The molecule has 0 aliphatic carbocycles. The number of aliphatic imine (C=N–C) groups is 1. The van der Waals surface area contributed by atoms with Gasteiger partial charge in [0.25, 0.3) is 0 Å². The maximum Gasteiger partial charge on any atom is 0.191 e. The fourth-order valence-electron chi connectivity index (χ4n) is 3.62. The topological polar surface area (TPSA) is 58.1 Å². The third-order valence-corrected chi connectivity index (χ3v) is 5.24. The lowest BCUT2D eigenvalue weighted by atomic mass is 10.0. The van der Waals surface area contributed by atoms with Gasteiger partial charge >= 0.3 is 0 Å². The van der Waals surface area contributed by atoms with Crippen LogP contribution in [0.4, 0.5) is 0 Å². The van der Waals surface area contributed by atoms with E-state index in [1.54, 1.807) is 0 Å². The van der Waals surface area contributed by atoms with Crippen LogP contribution in [0.5, 0.6) is 5.75 Å². The van der Waals surface area contributed by atoms with E-state index in [1.165, 1.54) is 31.4 Å². The molecule has 0 saturated carbocycles. The second kappa shape index (κ2) is 12.6. The zero-order chi connectivity index (χ0) is 20.2. The van der Waals surface area contributed by atoms with Crippen LogP contribution in [0.2, 0.25) is 0 Å². The third-order valence-electron chi connectivity index (χ3n) is 5.24. The highest BCUT2D eigenvalue weighted by atomic mass is 16.5. The van der Waals surface area contributed by atoms with Crippen molar-refractivity contribution in [1.82, 2.24) is 15.5 Å². The molecule has 28 heavy (non-hydrogen) atoms. The molecule has 0 spiro atoms. The van der Waals surface area contributed by atoms with Gasteiger partial charge in [0.1, 0.15) is 12.4 Å². The minimum absolute atomic E-state index is 0.561. The Labute approximate surface area is 170 Å². The number of likely N-dealkylation sites (tertiary alicyclic amines) is 1. The summed E-state index contributed by atoms with van der Waals surface area (Å²) in [4.78, 5) is 6.95. The monoisotopic (exact) mass is 390 g/mol. The zero-order valence-corrected chi connectivity index (χ0v) is 18.1. The number of aryl methyl sites for hydroxylation is 1. The van der Waals surface area contributed by atoms with Crippen LogP contribution >= 0.6 is 0 Å². The van der Waals surface area contributed by atoms with Crippen LogP contribution in [0.3, 0.4) is 0 Å². The minimum Gasteiger partial charge on any atom is -0.491 e. The molecule has 6 nitrogen and oxygen atoms in total. The van der Waals surface area contributed by atoms with E-state index < -0.39 is 0 Å². The number of likely N-dealkylation sites (N-methyl/N-ethyl adjacent to an activating group) is 1. The van der Waals surface area contributed by atoms with Gasteiger partial charge < -0.3 is 20.1 Å². The molecule has 0 bridgehead atoms. The predicted molar refractivity (Wildman–Crippen MR) is 116 cm³/mol. The van der Waals surface area contributed by atoms with E-state index in [-0.39, 0.29) is 0 Å². The van der Waals surface area contributed by atoms with Crippen LogP contribution in [-0.2, 0) is 11.3 Å². The maximum absolute atomic E-state index is 5.94. The van der Waals surface area contributed by atoms with Crippen molar-refractivity contribution in [3.05, 3.63) is 29.3 Å². The van der Waals surface area contributed by atoms with Crippen LogP contribution in [0.1, 0.15) is 44.2 Å². The van der Waals surface area contributed by atoms with Gasteiger partial charge in [0.05, 0.1) is 6.61 Å². The summed E-state index contributed by atoms with van der Waals surface area (Å²) in [6, 6.07) is 6.91. The molecular formula is C22H38N4O2. The van der Waals surface area contributed by atoms with Crippen molar-refractivity contribution < 1.29 is 9.47 Å². The number of piperidine rings is 1. The Morgan fingerprint density at radius 3 is 2.82 bits per heavy atom. The Bertz CT molecular complexity index is 606. The molecule has 0 amide bonds. The summed E-state index contributed by atoms with van der Waals surface area (Å²) in [7, 11) is 1.82.